The lowest BCUT2D eigenvalue weighted by atomic mass is 10.0. The molecule has 63 valence electrons. The number of hydrogen-bond acceptors (Lipinski definition) is 1. The van der Waals surface area contributed by atoms with Gasteiger partial charge in [0.05, 0.1) is 0 Å². The summed E-state index contributed by atoms with van der Waals surface area (Å²) in [7, 11) is 0. The van der Waals surface area contributed by atoms with Crippen molar-refractivity contribution in [2.75, 3.05) is 0 Å². The van der Waals surface area contributed by atoms with E-state index in [1.807, 2.05) is 24.3 Å². The molecule has 0 atom stereocenters. The minimum atomic E-state index is -0.398. The second-order valence-electron chi connectivity index (χ2n) is 2.80. The van der Waals surface area contributed by atoms with Crippen LogP contribution in [0.5, 0.6) is 0 Å². The zero-order valence-corrected chi connectivity index (χ0v) is 6.95. The summed E-state index contributed by atoms with van der Waals surface area (Å²) < 4.78 is 0. The molecule has 0 bridgehead atoms. The van der Waals surface area contributed by atoms with Gasteiger partial charge in [-0.25, -0.2) is 0 Å². The van der Waals surface area contributed by atoms with Gasteiger partial charge in [0.2, 0.25) is 5.91 Å². The Kier molecular flexibility index (Phi) is 1.74. The second kappa shape index (κ2) is 2.90. The summed E-state index contributed by atoms with van der Waals surface area (Å²) in [5.74, 6) is -0.398. The lowest BCUT2D eigenvalue weighted by Crippen LogP contribution is -2.11. The highest BCUT2D eigenvalue weighted by molar-refractivity contribution is 6.06. The van der Waals surface area contributed by atoms with Gasteiger partial charge in [0.25, 0.3) is 0 Å². The topological polar surface area (TPSA) is 43.1 Å². The molecule has 2 aromatic rings. The highest BCUT2D eigenvalue weighted by Crippen LogP contribution is 2.16. The fraction of sp³-hybridized carbons (Fsp3) is 0. The molecule has 13 heavy (non-hydrogen) atoms. The van der Waals surface area contributed by atoms with Crippen LogP contribution in [-0.2, 0) is 0 Å². The monoisotopic (exact) mass is 170 g/mol. The van der Waals surface area contributed by atoms with E-state index >= 15 is 0 Å². The number of amides is 1. The van der Waals surface area contributed by atoms with E-state index in [4.69, 9.17) is 5.73 Å². The first-order chi connectivity index (χ1) is 6.29. The van der Waals surface area contributed by atoms with E-state index in [1.165, 1.54) is 0 Å². The van der Waals surface area contributed by atoms with Gasteiger partial charge in [-0.3, -0.25) is 4.79 Å². The van der Waals surface area contributed by atoms with Crippen molar-refractivity contribution in [1.82, 2.24) is 0 Å². The minimum Gasteiger partial charge on any atom is -0.366 e. The fourth-order valence-electron chi connectivity index (χ4n) is 1.36. The second-order valence-corrected chi connectivity index (χ2v) is 2.80. The molecule has 0 spiro atoms. The molecule has 0 unspecified atom stereocenters. The summed E-state index contributed by atoms with van der Waals surface area (Å²) in [6, 6.07) is 14.0. The molecule has 2 N–H and O–H groups in total. The maximum Gasteiger partial charge on any atom is 0.249 e. The van der Waals surface area contributed by atoms with Crippen molar-refractivity contribution >= 4 is 16.7 Å². The summed E-state index contributed by atoms with van der Waals surface area (Å²) in [4.78, 5) is 11.0. The van der Waals surface area contributed by atoms with Crippen LogP contribution in [0, 0.1) is 6.07 Å². The van der Waals surface area contributed by atoms with Crippen molar-refractivity contribution in [2.24, 2.45) is 5.73 Å². The van der Waals surface area contributed by atoms with Crippen molar-refractivity contribution < 1.29 is 4.79 Å². The van der Waals surface area contributed by atoms with Crippen LogP contribution >= 0.6 is 0 Å². The van der Waals surface area contributed by atoms with Gasteiger partial charge in [0.15, 0.2) is 0 Å². The van der Waals surface area contributed by atoms with Crippen molar-refractivity contribution in [3.8, 4) is 0 Å². The predicted molar refractivity (Wildman–Crippen MR) is 51.3 cm³/mol. The lowest BCUT2D eigenvalue weighted by molar-refractivity contribution is 0.100. The Morgan fingerprint density at radius 2 is 2.00 bits per heavy atom. The molecule has 0 saturated heterocycles. The Bertz CT molecular complexity index is 457. The van der Waals surface area contributed by atoms with Gasteiger partial charge in [-0.15, -0.1) is 0 Å². The molecule has 0 aliphatic rings. The van der Waals surface area contributed by atoms with Crippen molar-refractivity contribution in [3.63, 3.8) is 0 Å². The predicted octanol–water partition coefficient (Wildman–Crippen LogP) is 1.74. The van der Waals surface area contributed by atoms with Crippen LogP contribution in [-0.4, -0.2) is 5.91 Å². The first-order valence-corrected chi connectivity index (χ1v) is 3.98. The van der Waals surface area contributed by atoms with Crippen LogP contribution in [0.3, 0.4) is 0 Å². The average Bonchev–Trinajstić information content (AvgIpc) is 2.17. The zero-order valence-electron chi connectivity index (χ0n) is 6.95. The van der Waals surface area contributed by atoms with Gasteiger partial charge in [0.1, 0.15) is 0 Å². The molecule has 0 heterocycles. The summed E-state index contributed by atoms with van der Waals surface area (Å²) in [6.45, 7) is 0. The zero-order chi connectivity index (χ0) is 9.26. The molecule has 2 heteroatoms. The normalized spacial score (nSPS) is 10.2. The molecular formula is C11H8NO. The van der Waals surface area contributed by atoms with E-state index in [9.17, 15) is 4.79 Å². The lowest BCUT2D eigenvalue weighted by Gasteiger charge is -2.00. The third-order valence-corrected chi connectivity index (χ3v) is 1.97. The molecule has 0 fully saturated rings. The van der Waals surface area contributed by atoms with Gasteiger partial charge in [0, 0.05) is 5.56 Å². The number of carbonyl (C=O) groups excluding carboxylic acids is 1. The van der Waals surface area contributed by atoms with Gasteiger partial charge in [-0.2, -0.15) is 0 Å². The highest BCUT2D eigenvalue weighted by atomic mass is 16.1. The van der Waals surface area contributed by atoms with Gasteiger partial charge in [-0.1, -0.05) is 30.3 Å². The van der Waals surface area contributed by atoms with Crippen molar-refractivity contribution in [2.45, 2.75) is 0 Å². The molecule has 0 aromatic heterocycles. The molecule has 2 aromatic carbocycles. The molecule has 1 amide bonds. The fourth-order valence-corrected chi connectivity index (χ4v) is 1.36. The molecule has 2 nitrogen and oxygen atoms in total. The van der Waals surface area contributed by atoms with Crippen molar-refractivity contribution in [1.29, 1.82) is 0 Å². The van der Waals surface area contributed by atoms with Crippen LogP contribution in [0.1, 0.15) is 10.4 Å². The maximum atomic E-state index is 11.0. The Balaban J connectivity index is 2.83. The SMILES string of the molecule is NC(=O)c1cc[c]c2ccccc12. The highest BCUT2D eigenvalue weighted by Gasteiger charge is 2.04. The molecule has 0 aliphatic carbocycles. The molecular weight excluding hydrogens is 162 g/mol. The minimum absolute atomic E-state index is 0.398. The van der Waals surface area contributed by atoms with Crippen molar-refractivity contribution in [3.05, 3.63) is 48.0 Å². The van der Waals surface area contributed by atoms with Crippen LogP contribution in [0.25, 0.3) is 10.8 Å². The van der Waals surface area contributed by atoms with E-state index in [-0.39, 0.29) is 0 Å². The maximum absolute atomic E-state index is 11.0. The third kappa shape index (κ3) is 1.26. The quantitative estimate of drug-likeness (QED) is 0.696. The Labute approximate surface area is 76.0 Å². The van der Waals surface area contributed by atoms with E-state index in [2.05, 4.69) is 6.07 Å². The smallest absolute Gasteiger partial charge is 0.249 e. The molecule has 0 aliphatic heterocycles. The van der Waals surface area contributed by atoms with Crippen LogP contribution < -0.4 is 5.73 Å². The van der Waals surface area contributed by atoms with E-state index in [1.54, 1.807) is 12.1 Å². The number of carbonyl (C=O) groups is 1. The number of primary amides is 1. The Morgan fingerprint density at radius 1 is 1.23 bits per heavy atom. The Morgan fingerprint density at radius 3 is 2.77 bits per heavy atom. The van der Waals surface area contributed by atoms with E-state index in [0.29, 0.717) is 5.56 Å². The van der Waals surface area contributed by atoms with Gasteiger partial charge < -0.3 is 5.73 Å². The van der Waals surface area contributed by atoms with E-state index < -0.39 is 5.91 Å². The molecule has 0 saturated carbocycles. The number of nitrogens with two attached hydrogens (primary N) is 1. The standard InChI is InChI=1S/C11H8NO/c12-11(13)10-7-3-5-8-4-1-2-6-9(8)10/h1-4,6-7H,(H2,12,13). The summed E-state index contributed by atoms with van der Waals surface area (Å²) in [5, 5.41) is 1.77. The van der Waals surface area contributed by atoms with Crippen LogP contribution in [0.15, 0.2) is 36.4 Å². The summed E-state index contributed by atoms with van der Waals surface area (Å²) in [6.07, 6.45) is 0. The number of fused-ring (bicyclic) bond motifs is 1. The first-order valence-electron chi connectivity index (χ1n) is 3.98. The first kappa shape index (κ1) is 7.80. The molecule has 2 rings (SSSR count). The third-order valence-electron chi connectivity index (χ3n) is 1.97. The number of hydrogen-bond donors (Lipinski definition) is 1. The molecule has 1 radical (unpaired) electrons. The largest absolute Gasteiger partial charge is 0.366 e. The average molecular weight is 170 g/mol. The van der Waals surface area contributed by atoms with Crippen LogP contribution in [0.2, 0.25) is 0 Å². The summed E-state index contributed by atoms with van der Waals surface area (Å²) in [5.41, 5.74) is 5.78. The Hall–Kier alpha value is -1.83. The van der Waals surface area contributed by atoms with Crippen LogP contribution in [0.4, 0.5) is 0 Å². The van der Waals surface area contributed by atoms with E-state index in [0.717, 1.165) is 10.8 Å². The number of benzene rings is 2. The van der Waals surface area contributed by atoms with Gasteiger partial charge >= 0.3 is 0 Å². The van der Waals surface area contributed by atoms with Gasteiger partial charge in [-0.05, 0) is 22.9 Å². The number of rotatable bonds is 1. The summed E-state index contributed by atoms with van der Waals surface area (Å²) >= 11 is 0.